The van der Waals surface area contributed by atoms with Crippen molar-refractivity contribution < 1.29 is 28.7 Å². The topological polar surface area (TPSA) is 273 Å². The number of hydrogen-bond acceptors (Lipinski definition) is 16. The van der Waals surface area contributed by atoms with E-state index in [4.69, 9.17) is 69.1 Å². The summed E-state index contributed by atoms with van der Waals surface area (Å²) >= 11 is 23.4. The van der Waals surface area contributed by atoms with Gasteiger partial charge in [-0.15, -0.1) is 0 Å². The first-order valence-corrected chi connectivity index (χ1v) is 34.8. The number of nitrogens with one attached hydrogen (secondary N) is 1. The van der Waals surface area contributed by atoms with Crippen LogP contribution in [0.3, 0.4) is 0 Å². The number of benzene rings is 6. The number of esters is 1. The number of rotatable bonds is 13. The van der Waals surface area contributed by atoms with Crippen LogP contribution in [0.5, 0.6) is 0 Å². The lowest BCUT2D eigenvalue weighted by molar-refractivity contribution is -0.145. The molecule has 9 heterocycles. The van der Waals surface area contributed by atoms with Gasteiger partial charge in [0.2, 0.25) is 5.78 Å². The maximum Gasteiger partial charge on any atom is 0.320 e. The molecule has 0 saturated heterocycles. The molecule has 1 aliphatic rings. The molecular formula is C85H65Cl4N13O6. The molecule has 8 aromatic heterocycles. The second-order valence-corrected chi connectivity index (χ2v) is 25.4. The number of nitriles is 1. The van der Waals surface area contributed by atoms with E-state index in [1.54, 1.807) is 102 Å². The Kier molecular flexibility index (Phi) is 27.0. The molecule has 3 N–H and O–H groups in total. The first-order valence-electron chi connectivity index (χ1n) is 33.3. The fourth-order valence-corrected chi connectivity index (χ4v) is 12.3. The summed E-state index contributed by atoms with van der Waals surface area (Å²) in [5.74, 6) is -1.56. The van der Waals surface area contributed by atoms with Crippen molar-refractivity contribution in [1.82, 2.24) is 49.9 Å². The molecule has 2 unspecified atom stereocenters. The molecule has 15 rings (SSSR count). The summed E-state index contributed by atoms with van der Waals surface area (Å²) in [4.78, 5) is 87.6. The molecule has 0 radical (unpaired) electrons. The summed E-state index contributed by atoms with van der Waals surface area (Å²) < 4.78 is 6.22. The van der Waals surface area contributed by atoms with Crippen molar-refractivity contribution in [3.8, 4) is 50.8 Å². The van der Waals surface area contributed by atoms with Crippen LogP contribution >= 0.6 is 46.4 Å². The van der Waals surface area contributed by atoms with Crippen LogP contribution in [0, 0.1) is 17.9 Å². The smallest absolute Gasteiger partial charge is 0.320 e. The van der Waals surface area contributed by atoms with Gasteiger partial charge in [-0.05, 0) is 134 Å². The van der Waals surface area contributed by atoms with Gasteiger partial charge in [0.25, 0.3) is 5.91 Å². The van der Waals surface area contributed by atoms with Gasteiger partial charge >= 0.3 is 12.0 Å². The maximum atomic E-state index is 13.8. The number of hydrogen-bond donors (Lipinski definition) is 2. The highest BCUT2D eigenvalue weighted by Crippen LogP contribution is 2.41. The zero-order valence-electron chi connectivity index (χ0n) is 58.4. The van der Waals surface area contributed by atoms with Gasteiger partial charge in [-0.3, -0.25) is 43.9 Å². The average molecular weight is 1510 g/mol. The Bertz CT molecular complexity index is 5670. The number of allylic oxidation sites excluding steroid dienone is 2. The molecule has 0 aliphatic carbocycles. The summed E-state index contributed by atoms with van der Waals surface area (Å²) in [5, 5.41) is 23.4. The van der Waals surface area contributed by atoms with Crippen LogP contribution in [0.1, 0.15) is 86.2 Å². The van der Waals surface area contributed by atoms with Gasteiger partial charge in [0.15, 0.2) is 11.6 Å². The van der Waals surface area contributed by atoms with Gasteiger partial charge in [-0.25, -0.2) is 26.5 Å². The maximum absolute atomic E-state index is 13.8. The Labute approximate surface area is 642 Å². The highest BCUT2D eigenvalue weighted by Gasteiger charge is 2.33. The number of anilines is 1. The van der Waals surface area contributed by atoms with Crippen molar-refractivity contribution in [2.24, 2.45) is 0 Å². The van der Waals surface area contributed by atoms with Crippen molar-refractivity contribution in [3.05, 3.63) is 344 Å². The highest BCUT2D eigenvalue weighted by molar-refractivity contribution is 6.31. The summed E-state index contributed by atoms with van der Waals surface area (Å²) in [7, 11) is 1.28. The number of nitrogen functional groups attached to an aromatic ring is 1. The van der Waals surface area contributed by atoms with E-state index in [1.807, 2.05) is 159 Å². The van der Waals surface area contributed by atoms with Gasteiger partial charge in [0.05, 0.1) is 47.6 Å². The van der Waals surface area contributed by atoms with Crippen LogP contribution in [0.25, 0.3) is 77.0 Å². The number of nitrogens with zero attached hydrogens (tertiary/aromatic N) is 11. The Hall–Kier alpha value is -13.0. The van der Waals surface area contributed by atoms with E-state index in [9.17, 15) is 24.0 Å². The molecule has 6 aromatic carbocycles. The molecule has 14 aromatic rings. The minimum Gasteiger partial charge on any atom is -0.468 e. The normalized spacial score (nSPS) is 11.6. The molecule has 534 valence electrons. The zero-order valence-corrected chi connectivity index (χ0v) is 61.5. The van der Waals surface area contributed by atoms with Gasteiger partial charge < -0.3 is 10.5 Å². The number of pyridine rings is 6. The molecule has 23 heteroatoms. The number of methoxy groups -OCH3 is 1. The Morgan fingerprint density at radius 2 is 1.09 bits per heavy atom. The first-order chi connectivity index (χ1) is 52.3. The van der Waals surface area contributed by atoms with Crippen molar-refractivity contribution >= 4 is 109 Å². The van der Waals surface area contributed by atoms with E-state index >= 15 is 0 Å². The number of ether oxygens (including phenoxy) is 1. The van der Waals surface area contributed by atoms with Gasteiger partial charge in [0.1, 0.15) is 38.0 Å². The number of ketones is 3. The fraction of sp³-hybridized carbons (Fsp3) is 0.0941. The minimum absolute atomic E-state index is 0.00398. The zero-order chi connectivity index (χ0) is 76.6. The number of H-pyrrole nitrogens is 1. The molecule has 0 fully saturated rings. The van der Waals surface area contributed by atoms with Gasteiger partial charge in [-0.2, -0.15) is 20.1 Å². The summed E-state index contributed by atoms with van der Waals surface area (Å²) in [5.41, 5.74) is 21.7. The number of Topliss-reactive ketones (excluding diaryl/α,β-unsaturated/α-hetero) is 3. The molecule has 0 saturated carbocycles. The number of aromatic amines is 1. The highest BCUT2D eigenvalue weighted by atomic mass is 35.5. The lowest BCUT2D eigenvalue weighted by Crippen LogP contribution is -2.23. The van der Waals surface area contributed by atoms with Crippen LogP contribution in [-0.2, 0) is 27.2 Å². The molecule has 0 amide bonds. The molecule has 19 nitrogen and oxygen atoms in total. The number of nitrogens with two attached hydrogens (primary N) is 1. The summed E-state index contributed by atoms with van der Waals surface area (Å²) in [6, 6.07) is 72.3. The monoisotopic (exact) mass is 1500 g/mol. The van der Waals surface area contributed by atoms with E-state index in [-0.39, 0.29) is 28.4 Å². The van der Waals surface area contributed by atoms with E-state index in [2.05, 4.69) is 55.8 Å². The Balaban J connectivity index is 0.000000147. The molecule has 1 aliphatic heterocycles. The first kappa shape index (κ1) is 77.6. The number of halogens is 4. The van der Waals surface area contributed by atoms with Crippen LogP contribution in [0.2, 0.25) is 20.6 Å². The minimum atomic E-state index is -0.861. The third-order valence-electron chi connectivity index (χ3n) is 16.6. The van der Waals surface area contributed by atoms with Crippen molar-refractivity contribution in [1.29, 1.82) is 5.26 Å². The third-order valence-corrected chi connectivity index (χ3v) is 17.5. The quantitative estimate of drug-likeness (QED) is 0.0357. The SMILES string of the molecule is CC(=O)c1ccnc(Cl)c1.CC1=C(c2ccc3ncccc3c2)C(=O)n2nc(-c3ccnc(Cl)c3)c(-c3ccccc3)c2C1.COC(=O)C(C(C)=O)c1ccc2ncccc2c1.N#CCc1ccccc1.Nc1n[nH]c(-c2ccnc(Cl)c2)c1-c1ccccc1.[C-]#[N+]C(C(=O)c1ccnc(Cl)c1)c1ccccc1. The number of carbonyl (C=O) groups is 5. The second-order valence-electron chi connectivity index (χ2n) is 23.9. The predicted octanol–water partition coefficient (Wildman–Crippen LogP) is 19.2. The van der Waals surface area contributed by atoms with E-state index in [0.29, 0.717) is 61.9 Å². The molecular weight excluding hydrogens is 1440 g/mol. The van der Waals surface area contributed by atoms with Crippen LogP contribution < -0.4 is 5.73 Å². The van der Waals surface area contributed by atoms with Crippen LogP contribution in [-0.4, -0.2) is 86.2 Å². The Morgan fingerprint density at radius 3 is 1.64 bits per heavy atom. The van der Waals surface area contributed by atoms with Crippen LogP contribution in [0.4, 0.5) is 5.82 Å². The van der Waals surface area contributed by atoms with Crippen LogP contribution in [0.15, 0.2) is 273 Å². The molecule has 0 bridgehead atoms. The summed E-state index contributed by atoms with van der Waals surface area (Å²) in [6.07, 6.45) is 10.9. The molecule has 108 heavy (non-hydrogen) atoms. The number of fused-ring (bicyclic) bond motifs is 3. The van der Waals surface area contributed by atoms with E-state index in [1.165, 1.54) is 39.4 Å². The van der Waals surface area contributed by atoms with E-state index < -0.39 is 17.9 Å². The lowest BCUT2D eigenvalue weighted by Gasteiger charge is -2.20. The van der Waals surface area contributed by atoms with Crippen molar-refractivity contribution in [2.75, 3.05) is 12.8 Å². The number of carbonyl (C=O) groups excluding carboxylic acids is 5. The third kappa shape index (κ3) is 19.9. The van der Waals surface area contributed by atoms with E-state index in [0.717, 1.165) is 89.0 Å². The standard InChI is InChI=1S/C28H19ClN4O.C14H11ClN4.C14H9ClN2O.C14H13NO3.C8H7N.C7H6ClNO/c1-17-14-23-26(18-6-3-2-4-7-18)27(21-11-13-31-24(29)16-21)32-33(23)28(34)25(17)20-9-10-22-19(15-20)8-5-12-30-22;15-11-8-10(6-7-17-11)13-12(14(16)19-18-13)9-4-2-1-3-5-9;1-16-13(10-5-3-2-4-6-10)14(18)11-7-8-17-12(15)9-11;1-9(16)13(14(17)18-2)11-5-6-12-10(8-11)4-3-7-15-12;9-7-6-8-4-2-1-3-5-8;1-5(10)6-2-3-9-7(8)4-6/h2-13,15-16H,14H2,1H3;1-8H,(H3,16,18,19);2-9,13H;3-8,13H,1-2H3;1-5H,6H2;2-4H,1H3. The van der Waals surface area contributed by atoms with Crippen molar-refractivity contribution in [3.63, 3.8) is 0 Å². The second kappa shape index (κ2) is 37.6. The molecule has 2 atom stereocenters. The number of aromatic nitrogens is 10. The van der Waals surface area contributed by atoms with Gasteiger partial charge in [0, 0.05) is 93.3 Å². The lowest BCUT2D eigenvalue weighted by atomic mass is 9.90. The Morgan fingerprint density at radius 1 is 0.574 bits per heavy atom. The predicted molar refractivity (Wildman–Crippen MR) is 423 cm³/mol. The molecule has 0 spiro atoms. The summed E-state index contributed by atoms with van der Waals surface area (Å²) in [6.45, 7) is 12.1. The van der Waals surface area contributed by atoms with Crippen molar-refractivity contribution in [2.45, 2.75) is 45.6 Å². The van der Waals surface area contributed by atoms with Gasteiger partial charge in [-0.1, -0.05) is 198 Å². The fourth-order valence-electron chi connectivity index (χ4n) is 11.6. The average Bonchev–Trinajstić information content (AvgIpc) is 1.40. The largest absolute Gasteiger partial charge is 0.468 e.